The molecule has 0 aliphatic rings. The molecular weight excluding hydrogens is 394 g/mol. The highest BCUT2D eigenvalue weighted by molar-refractivity contribution is 8.02. The highest BCUT2D eigenvalue weighted by Gasteiger charge is 2.17. The van der Waals surface area contributed by atoms with Crippen LogP contribution in [-0.2, 0) is 11.3 Å². The van der Waals surface area contributed by atoms with Gasteiger partial charge in [-0.05, 0) is 50.2 Å². The number of carbonyl (C=O) groups is 1. The summed E-state index contributed by atoms with van der Waals surface area (Å²) in [5.41, 5.74) is 4.38. The summed E-state index contributed by atoms with van der Waals surface area (Å²) in [6, 6.07) is 16.1. The van der Waals surface area contributed by atoms with Crippen molar-refractivity contribution in [2.75, 3.05) is 0 Å². The Morgan fingerprint density at radius 3 is 2.63 bits per heavy atom. The maximum Gasteiger partial charge on any atom is 0.233 e. The van der Waals surface area contributed by atoms with Gasteiger partial charge in [-0.2, -0.15) is 0 Å². The van der Waals surface area contributed by atoms with Crippen molar-refractivity contribution in [3.63, 3.8) is 0 Å². The molecule has 0 saturated carbocycles. The topological polar surface area (TPSA) is 46.9 Å². The van der Waals surface area contributed by atoms with Crippen molar-refractivity contribution in [2.24, 2.45) is 0 Å². The zero-order valence-corrected chi connectivity index (χ0v) is 17.9. The smallest absolute Gasteiger partial charge is 0.233 e. The molecule has 3 rings (SSSR count). The SMILES string of the molecule is Cc1ccc(CNC(=O)[C@H](C)Sc2nn(-c3ccccc3C)c(=S)s2)cc1. The Morgan fingerprint density at radius 2 is 1.93 bits per heavy atom. The van der Waals surface area contributed by atoms with Crippen LogP contribution in [0, 0.1) is 17.8 Å². The van der Waals surface area contributed by atoms with Gasteiger partial charge in [0.15, 0.2) is 8.29 Å². The van der Waals surface area contributed by atoms with Gasteiger partial charge < -0.3 is 5.32 Å². The van der Waals surface area contributed by atoms with Crippen LogP contribution in [0.4, 0.5) is 0 Å². The van der Waals surface area contributed by atoms with Crippen LogP contribution in [0.2, 0.25) is 0 Å². The van der Waals surface area contributed by atoms with Crippen molar-refractivity contribution in [1.82, 2.24) is 15.1 Å². The van der Waals surface area contributed by atoms with Gasteiger partial charge >= 0.3 is 0 Å². The van der Waals surface area contributed by atoms with E-state index >= 15 is 0 Å². The van der Waals surface area contributed by atoms with E-state index in [2.05, 4.69) is 10.4 Å². The first-order valence-electron chi connectivity index (χ1n) is 8.60. The molecule has 0 aliphatic carbocycles. The van der Waals surface area contributed by atoms with Gasteiger partial charge in [0.1, 0.15) is 0 Å². The number of para-hydroxylation sites is 1. The highest BCUT2D eigenvalue weighted by Crippen LogP contribution is 2.28. The number of rotatable bonds is 6. The summed E-state index contributed by atoms with van der Waals surface area (Å²) in [7, 11) is 0. The van der Waals surface area contributed by atoms with Crippen LogP contribution in [0.3, 0.4) is 0 Å². The zero-order chi connectivity index (χ0) is 19.4. The third-order valence-corrected chi connectivity index (χ3v) is 6.52. The number of nitrogens with one attached hydrogen (secondary N) is 1. The van der Waals surface area contributed by atoms with Crippen LogP contribution in [0.25, 0.3) is 5.69 Å². The summed E-state index contributed by atoms with van der Waals surface area (Å²) in [6.45, 7) is 6.49. The van der Waals surface area contributed by atoms with Crippen molar-refractivity contribution in [1.29, 1.82) is 0 Å². The molecule has 4 nitrogen and oxygen atoms in total. The van der Waals surface area contributed by atoms with Crippen molar-refractivity contribution >= 4 is 41.2 Å². The molecule has 0 unspecified atom stereocenters. The van der Waals surface area contributed by atoms with Crippen LogP contribution < -0.4 is 5.32 Å². The highest BCUT2D eigenvalue weighted by atomic mass is 32.2. The molecule has 1 atom stereocenters. The summed E-state index contributed by atoms with van der Waals surface area (Å²) in [5, 5.41) is 7.34. The van der Waals surface area contributed by atoms with Crippen LogP contribution >= 0.6 is 35.3 Å². The maximum atomic E-state index is 12.4. The number of thioether (sulfide) groups is 1. The molecule has 1 N–H and O–H groups in total. The van der Waals surface area contributed by atoms with Gasteiger partial charge in [-0.25, -0.2) is 4.68 Å². The predicted molar refractivity (Wildman–Crippen MR) is 115 cm³/mol. The van der Waals surface area contributed by atoms with Gasteiger partial charge in [0, 0.05) is 6.54 Å². The summed E-state index contributed by atoms with van der Waals surface area (Å²) >= 11 is 8.33. The number of carbonyl (C=O) groups excluding carboxylic acids is 1. The second kappa shape index (κ2) is 8.82. The zero-order valence-electron chi connectivity index (χ0n) is 15.4. The second-order valence-corrected chi connectivity index (χ2v) is 9.51. The average molecular weight is 416 g/mol. The first-order chi connectivity index (χ1) is 12.9. The molecule has 27 heavy (non-hydrogen) atoms. The van der Waals surface area contributed by atoms with Crippen molar-refractivity contribution in [2.45, 2.75) is 36.9 Å². The van der Waals surface area contributed by atoms with Gasteiger partial charge in [-0.15, -0.1) is 5.10 Å². The third kappa shape index (κ3) is 5.06. The Kier molecular flexibility index (Phi) is 6.46. The summed E-state index contributed by atoms with van der Waals surface area (Å²) < 4.78 is 3.24. The minimum atomic E-state index is -0.249. The minimum Gasteiger partial charge on any atom is -0.351 e. The summed E-state index contributed by atoms with van der Waals surface area (Å²) in [6.07, 6.45) is 0. The van der Waals surface area contributed by atoms with Crippen LogP contribution in [0.5, 0.6) is 0 Å². The number of benzene rings is 2. The van der Waals surface area contributed by atoms with E-state index in [1.807, 2.05) is 69.3 Å². The first kappa shape index (κ1) is 19.8. The maximum absolute atomic E-state index is 12.4. The van der Waals surface area contributed by atoms with Crippen molar-refractivity contribution in [3.05, 3.63) is 69.2 Å². The Balaban J connectivity index is 1.64. The Hall–Kier alpha value is -1.96. The second-order valence-electron chi connectivity index (χ2n) is 6.30. The molecule has 0 spiro atoms. The molecule has 0 aliphatic heterocycles. The van der Waals surface area contributed by atoms with Gasteiger partial charge in [0.2, 0.25) is 5.91 Å². The quantitative estimate of drug-likeness (QED) is 0.451. The molecule has 1 amide bonds. The van der Waals surface area contributed by atoms with Crippen LogP contribution in [-0.4, -0.2) is 20.9 Å². The number of aryl methyl sites for hydroxylation is 2. The van der Waals surface area contributed by atoms with Crippen molar-refractivity contribution in [3.8, 4) is 5.69 Å². The lowest BCUT2D eigenvalue weighted by molar-refractivity contribution is -0.120. The molecule has 1 aromatic heterocycles. The molecule has 0 saturated heterocycles. The molecule has 1 heterocycles. The number of amides is 1. The molecular formula is C20H21N3OS3. The summed E-state index contributed by atoms with van der Waals surface area (Å²) in [5.74, 6) is -0.0101. The van der Waals surface area contributed by atoms with Crippen LogP contribution in [0.1, 0.15) is 23.6 Å². The standard InChI is InChI=1S/C20H21N3OS3/c1-13-8-10-16(11-9-13)12-21-18(24)15(3)26-19-22-23(20(25)27-19)17-7-5-4-6-14(17)2/h4-11,15H,12H2,1-3H3,(H,21,24)/t15-/m0/s1. The summed E-state index contributed by atoms with van der Waals surface area (Å²) in [4.78, 5) is 12.4. The lowest BCUT2D eigenvalue weighted by atomic mass is 10.1. The fourth-order valence-corrected chi connectivity index (χ4v) is 5.02. The first-order valence-corrected chi connectivity index (χ1v) is 10.7. The van der Waals surface area contributed by atoms with E-state index in [9.17, 15) is 4.79 Å². The van der Waals surface area contributed by atoms with Crippen LogP contribution in [0.15, 0.2) is 52.9 Å². The van der Waals surface area contributed by atoms with Gasteiger partial charge in [-0.3, -0.25) is 4.79 Å². The number of hydrogen-bond acceptors (Lipinski definition) is 5. The van der Waals surface area contributed by atoms with E-state index in [0.717, 1.165) is 21.2 Å². The fraction of sp³-hybridized carbons (Fsp3) is 0.250. The minimum absolute atomic E-state index is 0.0101. The third-order valence-electron chi connectivity index (χ3n) is 4.11. The van der Waals surface area contributed by atoms with E-state index < -0.39 is 0 Å². The molecule has 2 aromatic carbocycles. The van der Waals surface area contributed by atoms with E-state index in [0.29, 0.717) is 10.5 Å². The lowest BCUT2D eigenvalue weighted by Gasteiger charge is -2.10. The number of nitrogens with zero attached hydrogens (tertiary/aromatic N) is 2. The van der Waals surface area contributed by atoms with Crippen molar-refractivity contribution < 1.29 is 4.79 Å². The predicted octanol–water partition coefficient (Wildman–Crippen LogP) is 5.08. The van der Waals surface area contributed by atoms with Gasteiger partial charge in [0.25, 0.3) is 0 Å². The molecule has 0 bridgehead atoms. The Bertz CT molecular complexity index is 992. The largest absolute Gasteiger partial charge is 0.351 e. The number of hydrogen-bond donors (Lipinski definition) is 1. The monoisotopic (exact) mass is 415 g/mol. The van der Waals surface area contributed by atoms with E-state index in [1.165, 1.54) is 28.7 Å². The Morgan fingerprint density at radius 1 is 1.22 bits per heavy atom. The normalized spacial score (nSPS) is 12.0. The molecule has 7 heteroatoms. The van der Waals surface area contributed by atoms with Gasteiger partial charge in [0.05, 0.1) is 10.9 Å². The lowest BCUT2D eigenvalue weighted by Crippen LogP contribution is -2.30. The Labute approximate surface area is 172 Å². The molecule has 140 valence electrons. The average Bonchev–Trinajstić information content (AvgIpc) is 3.01. The van der Waals surface area contributed by atoms with Gasteiger partial charge in [-0.1, -0.05) is 71.1 Å². The van der Waals surface area contributed by atoms with E-state index in [1.54, 1.807) is 4.68 Å². The molecule has 3 aromatic rings. The number of aromatic nitrogens is 2. The van der Waals surface area contributed by atoms with E-state index in [-0.39, 0.29) is 11.2 Å². The van der Waals surface area contributed by atoms with E-state index in [4.69, 9.17) is 12.2 Å². The molecule has 0 radical (unpaired) electrons. The fourth-order valence-electron chi connectivity index (χ4n) is 2.51. The molecule has 0 fully saturated rings.